The van der Waals surface area contributed by atoms with E-state index in [2.05, 4.69) is 5.32 Å². The van der Waals surface area contributed by atoms with Crippen molar-refractivity contribution in [1.29, 1.82) is 0 Å². The average molecular weight is 273 g/mol. The van der Waals surface area contributed by atoms with Gasteiger partial charge in [-0.25, -0.2) is 4.39 Å². The second-order valence-electron chi connectivity index (χ2n) is 4.96. The number of anilines is 1. The molecule has 0 bridgehead atoms. The van der Waals surface area contributed by atoms with E-state index in [0.717, 1.165) is 22.6 Å². The maximum Gasteiger partial charge on any atom is 0.231 e. The molecule has 4 heteroatoms. The Kier molecular flexibility index (Phi) is 3.22. The fourth-order valence-corrected chi connectivity index (χ4v) is 2.24. The number of benzene rings is 2. The minimum absolute atomic E-state index is 0.0262. The summed E-state index contributed by atoms with van der Waals surface area (Å²) in [6, 6.07) is 10.9. The number of aryl methyl sites for hydroxylation is 1. The Bertz CT molecular complexity index is 642. The van der Waals surface area contributed by atoms with Crippen molar-refractivity contribution in [3.8, 4) is 11.5 Å². The third kappa shape index (κ3) is 2.41. The summed E-state index contributed by atoms with van der Waals surface area (Å²) in [5.41, 5.74) is 2.43. The lowest BCUT2D eigenvalue weighted by atomic mass is 10.1. The molecular weight excluding hydrogens is 257 g/mol. The van der Waals surface area contributed by atoms with E-state index in [1.54, 1.807) is 6.07 Å². The third-order valence-electron chi connectivity index (χ3n) is 3.39. The van der Waals surface area contributed by atoms with E-state index in [1.165, 1.54) is 6.07 Å². The van der Waals surface area contributed by atoms with E-state index < -0.39 is 0 Å². The summed E-state index contributed by atoms with van der Waals surface area (Å²) in [6.07, 6.45) is 0. The fraction of sp³-hybridized carbons (Fsp3) is 0.250. The molecule has 104 valence electrons. The zero-order chi connectivity index (χ0) is 14.1. The zero-order valence-corrected chi connectivity index (χ0v) is 11.4. The normalized spacial score (nSPS) is 14.2. The number of hydrogen-bond acceptors (Lipinski definition) is 3. The van der Waals surface area contributed by atoms with Gasteiger partial charge in [-0.1, -0.05) is 12.1 Å². The Morgan fingerprint density at radius 3 is 2.70 bits per heavy atom. The van der Waals surface area contributed by atoms with E-state index in [9.17, 15) is 4.39 Å². The van der Waals surface area contributed by atoms with Crippen LogP contribution in [0.4, 0.5) is 10.1 Å². The molecule has 0 saturated carbocycles. The molecule has 1 aliphatic heterocycles. The number of nitrogens with one attached hydrogen (secondary N) is 1. The van der Waals surface area contributed by atoms with Crippen LogP contribution in [0.25, 0.3) is 0 Å². The van der Waals surface area contributed by atoms with Crippen LogP contribution in [0.2, 0.25) is 0 Å². The summed E-state index contributed by atoms with van der Waals surface area (Å²) in [7, 11) is 0. The summed E-state index contributed by atoms with van der Waals surface area (Å²) in [4.78, 5) is 0. The highest BCUT2D eigenvalue weighted by Gasteiger charge is 2.16. The van der Waals surface area contributed by atoms with Crippen molar-refractivity contribution in [2.45, 2.75) is 19.9 Å². The Morgan fingerprint density at radius 1 is 1.10 bits per heavy atom. The minimum Gasteiger partial charge on any atom is -0.454 e. The lowest BCUT2D eigenvalue weighted by Crippen LogP contribution is -2.08. The highest BCUT2D eigenvalue weighted by Crippen LogP contribution is 2.35. The van der Waals surface area contributed by atoms with Crippen LogP contribution in [0, 0.1) is 12.7 Å². The van der Waals surface area contributed by atoms with E-state index in [1.807, 2.05) is 38.1 Å². The van der Waals surface area contributed by atoms with E-state index >= 15 is 0 Å². The maximum atomic E-state index is 13.8. The lowest BCUT2D eigenvalue weighted by molar-refractivity contribution is 0.174. The molecule has 1 atom stereocenters. The van der Waals surface area contributed by atoms with Crippen LogP contribution < -0.4 is 14.8 Å². The van der Waals surface area contributed by atoms with Crippen molar-refractivity contribution in [2.75, 3.05) is 12.1 Å². The van der Waals surface area contributed by atoms with Crippen LogP contribution >= 0.6 is 0 Å². The number of fused-ring (bicyclic) bond motifs is 1. The van der Waals surface area contributed by atoms with Crippen LogP contribution in [-0.2, 0) is 0 Å². The van der Waals surface area contributed by atoms with Crippen molar-refractivity contribution < 1.29 is 13.9 Å². The van der Waals surface area contributed by atoms with Gasteiger partial charge in [0.1, 0.15) is 5.82 Å². The highest BCUT2D eigenvalue weighted by atomic mass is 19.1. The maximum absolute atomic E-state index is 13.8. The molecule has 1 unspecified atom stereocenters. The molecule has 0 aliphatic carbocycles. The summed E-state index contributed by atoms with van der Waals surface area (Å²) in [6.45, 7) is 4.11. The summed E-state index contributed by atoms with van der Waals surface area (Å²) >= 11 is 0. The smallest absolute Gasteiger partial charge is 0.231 e. The zero-order valence-electron chi connectivity index (χ0n) is 11.4. The standard InChI is InChI=1S/C16H16FNO2/c1-10-3-5-14(13(17)7-10)18-11(2)12-4-6-15-16(8-12)20-9-19-15/h3-8,11,18H,9H2,1-2H3. The van der Waals surface area contributed by atoms with Gasteiger partial charge in [-0.05, 0) is 49.2 Å². The second-order valence-corrected chi connectivity index (χ2v) is 4.96. The molecule has 0 saturated heterocycles. The molecular formula is C16H16FNO2. The van der Waals surface area contributed by atoms with E-state index in [4.69, 9.17) is 9.47 Å². The minimum atomic E-state index is -0.238. The average Bonchev–Trinajstić information content (AvgIpc) is 2.89. The molecule has 1 N–H and O–H groups in total. The number of hydrogen-bond donors (Lipinski definition) is 1. The van der Waals surface area contributed by atoms with Crippen molar-refractivity contribution >= 4 is 5.69 Å². The van der Waals surface area contributed by atoms with Crippen molar-refractivity contribution in [2.24, 2.45) is 0 Å². The Labute approximate surface area is 117 Å². The quantitative estimate of drug-likeness (QED) is 0.915. The van der Waals surface area contributed by atoms with Gasteiger partial charge in [0.15, 0.2) is 11.5 Å². The first-order valence-electron chi connectivity index (χ1n) is 6.56. The first-order valence-corrected chi connectivity index (χ1v) is 6.56. The van der Waals surface area contributed by atoms with Gasteiger partial charge < -0.3 is 14.8 Å². The van der Waals surface area contributed by atoms with Gasteiger partial charge in [0.25, 0.3) is 0 Å². The monoisotopic (exact) mass is 273 g/mol. The van der Waals surface area contributed by atoms with Crippen molar-refractivity contribution in [3.63, 3.8) is 0 Å². The third-order valence-corrected chi connectivity index (χ3v) is 3.39. The number of halogens is 1. The van der Waals surface area contributed by atoms with Gasteiger partial charge in [-0.3, -0.25) is 0 Å². The lowest BCUT2D eigenvalue weighted by Gasteiger charge is -2.17. The molecule has 0 amide bonds. The van der Waals surface area contributed by atoms with Crippen molar-refractivity contribution in [1.82, 2.24) is 0 Å². The Balaban J connectivity index is 1.80. The van der Waals surface area contributed by atoms with Crippen LogP contribution in [0.3, 0.4) is 0 Å². The molecule has 1 heterocycles. The molecule has 2 aromatic rings. The second kappa shape index (κ2) is 5.04. The Morgan fingerprint density at radius 2 is 1.90 bits per heavy atom. The van der Waals surface area contributed by atoms with E-state index in [-0.39, 0.29) is 18.7 Å². The molecule has 0 aromatic heterocycles. The molecule has 0 fully saturated rings. The van der Waals surface area contributed by atoms with Gasteiger partial charge in [0.05, 0.1) is 5.69 Å². The SMILES string of the molecule is Cc1ccc(NC(C)c2ccc3c(c2)OCO3)c(F)c1. The largest absolute Gasteiger partial charge is 0.454 e. The first kappa shape index (κ1) is 12.8. The molecule has 3 rings (SSSR count). The van der Waals surface area contributed by atoms with Gasteiger partial charge in [0.2, 0.25) is 6.79 Å². The number of rotatable bonds is 3. The van der Waals surface area contributed by atoms with Crippen LogP contribution in [-0.4, -0.2) is 6.79 Å². The first-order chi connectivity index (χ1) is 9.63. The Hall–Kier alpha value is -2.23. The topological polar surface area (TPSA) is 30.5 Å². The fourth-order valence-electron chi connectivity index (χ4n) is 2.24. The van der Waals surface area contributed by atoms with Crippen LogP contribution in [0.15, 0.2) is 36.4 Å². The van der Waals surface area contributed by atoms with Gasteiger partial charge in [-0.2, -0.15) is 0 Å². The van der Waals surface area contributed by atoms with Gasteiger partial charge >= 0.3 is 0 Å². The van der Waals surface area contributed by atoms with Gasteiger partial charge in [0, 0.05) is 6.04 Å². The molecule has 0 spiro atoms. The molecule has 2 aromatic carbocycles. The molecule has 3 nitrogen and oxygen atoms in total. The number of ether oxygens (including phenoxy) is 2. The molecule has 0 radical (unpaired) electrons. The van der Waals surface area contributed by atoms with Gasteiger partial charge in [-0.15, -0.1) is 0 Å². The van der Waals surface area contributed by atoms with Crippen LogP contribution in [0.5, 0.6) is 11.5 Å². The predicted molar refractivity (Wildman–Crippen MR) is 75.7 cm³/mol. The summed E-state index contributed by atoms with van der Waals surface area (Å²) < 4.78 is 24.5. The van der Waals surface area contributed by atoms with E-state index in [0.29, 0.717) is 5.69 Å². The summed E-state index contributed by atoms with van der Waals surface area (Å²) in [5.74, 6) is 1.25. The predicted octanol–water partition coefficient (Wildman–Crippen LogP) is 4.04. The van der Waals surface area contributed by atoms with Crippen LogP contribution in [0.1, 0.15) is 24.1 Å². The highest BCUT2D eigenvalue weighted by molar-refractivity contribution is 5.50. The van der Waals surface area contributed by atoms with Crippen molar-refractivity contribution in [3.05, 3.63) is 53.3 Å². The summed E-state index contributed by atoms with van der Waals surface area (Å²) in [5, 5.41) is 3.17. The molecule has 1 aliphatic rings. The molecule has 20 heavy (non-hydrogen) atoms.